The fourth-order valence-electron chi connectivity index (χ4n) is 13.9. The van der Waals surface area contributed by atoms with E-state index in [4.69, 9.17) is 69.1 Å². The third kappa shape index (κ3) is 23.8. The van der Waals surface area contributed by atoms with E-state index in [2.05, 4.69) is 71.2 Å². The van der Waals surface area contributed by atoms with Crippen LogP contribution in [0.15, 0.2) is 42.9 Å². The zero-order chi connectivity index (χ0) is 78.0. The van der Waals surface area contributed by atoms with Crippen molar-refractivity contribution < 1.29 is 109 Å². The van der Waals surface area contributed by atoms with Gasteiger partial charge in [0.1, 0.15) is 60.7 Å². The molecular weight excluding hydrogens is 1550 g/mol. The molecule has 109 heavy (non-hydrogen) atoms. The van der Waals surface area contributed by atoms with Crippen LogP contribution in [-0.4, -0.2) is 190 Å². The molecule has 8 N–H and O–H groups in total. The van der Waals surface area contributed by atoms with Crippen LogP contribution in [0.3, 0.4) is 0 Å². The number of nitrogens with two attached hydrogens (primary N) is 1. The van der Waals surface area contributed by atoms with E-state index in [0.29, 0.717) is 105 Å². The molecule has 37 heteroatoms. The largest absolute Gasteiger partial charge is 0.490 e. The molecule has 0 amide bonds. The highest BCUT2D eigenvalue weighted by Crippen LogP contribution is 2.66. The highest BCUT2D eigenvalue weighted by atomic mass is 33.1. The second-order valence-electron chi connectivity index (χ2n) is 27.3. The van der Waals surface area contributed by atoms with Crippen molar-refractivity contribution in [2.24, 2.45) is 0 Å². The Balaban J connectivity index is 0.000000235. The van der Waals surface area contributed by atoms with Crippen LogP contribution in [0, 0.1) is 11.8 Å². The molecule has 5 aromatic rings. The number of carbonyl (C=O) groups is 4. The molecule has 0 saturated carbocycles. The van der Waals surface area contributed by atoms with Crippen molar-refractivity contribution in [3.8, 4) is 23.3 Å². The predicted molar refractivity (Wildman–Crippen MR) is 416 cm³/mol. The number of phosphoric ester groups is 1. The van der Waals surface area contributed by atoms with Crippen LogP contribution in [0.4, 0.5) is 11.5 Å². The quantitative estimate of drug-likeness (QED) is 0.00277. The number of likely N-dealkylation sites (N-methyl/N-ethyl adjacent to an activating group) is 1. The number of phosphoric acid groups is 3. The molecule has 3 unspecified atom stereocenters. The summed E-state index contributed by atoms with van der Waals surface area (Å²) in [7, 11) is -12.2. The summed E-state index contributed by atoms with van der Waals surface area (Å²) in [6.45, 7) is 14.9. The van der Waals surface area contributed by atoms with Crippen LogP contribution < -0.4 is 35.8 Å². The summed E-state index contributed by atoms with van der Waals surface area (Å²) in [6, 6.07) is 9.70. The predicted octanol–water partition coefficient (Wildman–Crippen LogP) is 8.67. The van der Waals surface area contributed by atoms with Crippen LogP contribution in [0.2, 0.25) is 0 Å². The van der Waals surface area contributed by atoms with E-state index in [9.17, 15) is 47.8 Å². The van der Waals surface area contributed by atoms with Crippen LogP contribution >= 0.6 is 45.1 Å². The molecule has 2 aromatic heterocycles. The molecule has 0 spiro atoms. The first-order valence-corrected chi connectivity index (χ1v) is 45.8. The number of nitrogen functional groups attached to an aromatic ring is 1. The number of carboxylic acid groups (broad SMARTS) is 1. The first-order valence-electron chi connectivity index (χ1n) is 36.4. The first kappa shape index (κ1) is 85.8. The summed E-state index contributed by atoms with van der Waals surface area (Å²) in [5.41, 5.74) is 16.6. The molecule has 6 atom stereocenters. The summed E-state index contributed by atoms with van der Waals surface area (Å²) in [4.78, 5) is 98.0. The maximum atomic E-state index is 13.7. The number of aromatic nitrogens is 3. The zero-order valence-electron chi connectivity index (χ0n) is 61.8. The molecule has 1 saturated heterocycles. The van der Waals surface area contributed by atoms with Gasteiger partial charge in [0.25, 0.3) is 0 Å². The third-order valence-electron chi connectivity index (χ3n) is 18.8. The number of ketones is 1. The number of hydrogen-bond acceptors (Lipinski definition) is 26. The van der Waals surface area contributed by atoms with Crippen molar-refractivity contribution in [3.05, 3.63) is 104 Å². The SMILES string of the molecule is CCS(=S)CO[C@H]1C[C@H](n2cc(C#CCCC(=O)OCCCCOCSSC(C)(C)CCOC(C)=O)c3c(N)ncnc32)O[C@@H]1COP(=O)(O)OP(=O)(O)OP(=O)(O)O.CNCCOCCOCCCC(=O)c1ccc(C(=O)O)c(C2=c3cc4c5c(c3Oc3c2cc2c6c3CCCN6CCC2)CCC[N+]=5CCC4)c1. The Hall–Kier alpha value is -5.57. The molecule has 11 rings (SSSR count). The molecule has 8 heterocycles. The number of carboxylic acids is 1. The first-order chi connectivity index (χ1) is 52.1. The van der Waals surface area contributed by atoms with Gasteiger partial charge in [-0.1, -0.05) is 55.9 Å². The molecule has 6 aliphatic heterocycles. The minimum Gasteiger partial charge on any atom is -0.478 e. The average Bonchev–Trinajstić information content (AvgIpc) is 1.29. The highest BCUT2D eigenvalue weighted by molar-refractivity contribution is 8.77. The topological polar surface area (TPSA) is 397 Å². The van der Waals surface area contributed by atoms with Crippen molar-refractivity contribution in [3.63, 3.8) is 0 Å². The number of esters is 2. The van der Waals surface area contributed by atoms with Gasteiger partial charge in [-0.3, -0.25) is 18.9 Å². The van der Waals surface area contributed by atoms with E-state index in [0.717, 1.165) is 118 Å². The van der Waals surface area contributed by atoms with Gasteiger partial charge in [0.05, 0.1) is 80.2 Å². The lowest BCUT2D eigenvalue weighted by Gasteiger charge is -2.39. The molecule has 0 radical (unpaired) electrons. The van der Waals surface area contributed by atoms with Crippen LogP contribution in [-0.2, 0) is 116 Å². The van der Waals surface area contributed by atoms with Gasteiger partial charge in [-0.2, -0.15) is 8.62 Å². The van der Waals surface area contributed by atoms with Crippen molar-refractivity contribution in [1.29, 1.82) is 0 Å². The van der Waals surface area contributed by atoms with E-state index in [1.54, 1.807) is 44.5 Å². The summed E-state index contributed by atoms with van der Waals surface area (Å²) < 4.78 is 98.2. The van der Waals surface area contributed by atoms with Gasteiger partial charge < -0.3 is 83.1 Å². The summed E-state index contributed by atoms with van der Waals surface area (Å²) in [5.74, 6) is 7.36. The molecule has 30 nitrogen and oxygen atoms in total. The van der Waals surface area contributed by atoms with Gasteiger partial charge in [-0.25, -0.2) is 33.0 Å². The molecule has 1 fully saturated rings. The third-order valence-corrected chi connectivity index (χ3v) is 27.7. The molecule has 3 aromatic carbocycles. The van der Waals surface area contributed by atoms with Crippen LogP contribution in [0.1, 0.15) is 171 Å². The number of aryl methyl sites for hydroxylation is 2. The second kappa shape index (κ2) is 39.9. The van der Waals surface area contributed by atoms with Crippen molar-refractivity contribution in [2.45, 2.75) is 154 Å². The molecule has 0 aliphatic carbocycles. The Labute approximate surface area is 648 Å². The van der Waals surface area contributed by atoms with E-state index < -0.39 is 69.9 Å². The molecule has 6 aliphatic rings. The number of carbonyl (C=O) groups excluding carboxylic acids is 3. The lowest BCUT2D eigenvalue weighted by molar-refractivity contribution is -0.144. The average molecular weight is 1650 g/mol. The number of nitrogens with one attached hydrogen (secondary N) is 1. The minimum absolute atomic E-state index is 0.0162. The summed E-state index contributed by atoms with van der Waals surface area (Å²) in [5, 5.41) is 16.4. The van der Waals surface area contributed by atoms with Crippen LogP contribution in [0.25, 0.3) is 16.6 Å². The standard InChI is InChI=1S/C41H47N3O6.C31H49N4O17P3S4/c1-42-14-20-49-22-21-48-19-6-11-35(45)26-12-13-29(41(46)47)32(23-26)36-33-24-27-7-2-15-43-17-4-9-30(37(27)43)39(33)50-40-31-10-5-18-44-16-3-8-28(38(31)44)25-34(36)40;1-5-59(56)21-48-24-16-26(50-25(24)18-49-54(41,42)52-55(43,44)51-53(38,39)40)35-17-23(28-29(32)33-19-34-30(28)35)10-6-7-11-27(37)47-14-9-8-13-45-20-57-58-31(3,4)12-15-46-22(2)36/h12-13,23-25,42H,2-11,14-22H2,1H3;17,19,24-26H,5,7-9,11-16,18,20-21H2,1-4H3,(H,41,42)(H,43,44)(H2,32,33,34)(H2,38,39,40)/p+1/t;24-,25+,26+,59?/m.0/s1. The number of aromatic carboxylic acids is 1. The maximum absolute atomic E-state index is 13.7. The van der Waals surface area contributed by atoms with E-state index in [-0.39, 0.29) is 59.7 Å². The number of rotatable bonds is 39. The van der Waals surface area contributed by atoms with Crippen molar-refractivity contribution >= 4 is 118 Å². The van der Waals surface area contributed by atoms with Crippen molar-refractivity contribution in [1.82, 2.24) is 24.4 Å². The number of nitrogens with zero attached hydrogens (tertiary/aromatic N) is 5. The van der Waals surface area contributed by atoms with Gasteiger partial charge in [-0.05, 0) is 137 Å². The Morgan fingerprint density at radius 1 is 0.844 bits per heavy atom. The van der Waals surface area contributed by atoms with Crippen molar-refractivity contribution in [2.75, 3.05) is 121 Å². The summed E-state index contributed by atoms with van der Waals surface area (Å²) >= 11 is 5.37. The van der Waals surface area contributed by atoms with Gasteiger partial charge in [0.15, 0.2) is 5.78 Å². The number of hydrogen-bond donors (Lipinski definition) is 7. The van der Waals surface area contributed by atoms with Gasteiger partial charge in [-0.15, -0.1) is 0 Å². The Kier molecular flexibility index (Phi) is 31.5. The normalized spacial score (nSPS) is 18.5. The minimum atomic E-state index is -5.74. The number of Topliss-reactive ketones (excluding diaryl/α,β-unsaturated/α-hetero) is 1. The summed E-state index contributed by atoms with van der Waals surface area (Å²) in [6.07, 6.45) is 11.6. The Morgan fingerprint density at radius 3 is 2.33 bits per heavy atom. The molecule has 0 bridgehead atoms. The van der Waals surface area contributed by atoms with Gasteiger partial charge >= 0.3 is 41.4 Å². The number of benzene rings is 3. The number of anilines is 2. The van der Waals surface area contributed by atoms with Crippen LogP contribution in [0.5, 0.6) is 11.5 Å². The Bertz CT molecular complexity index is 4510. The van der Waals surface area contributed by atoms with Gasteiger partial charge in [0.2, 0.25) is 5.36 Å². The smallest absolute Gasteiger partial charge is 0.478 e. The van der Waals surface area contributed by atoms with E-state index >= 15 is 0 Å². The fourth-order valence-corrected chi connectivity index (χ4v) is 19.8. The lowest BCUT2D eigenvalue weighted by Crippen LogP contribution is -2.45. The fraction of sp³-hybridized carbons (Fsp3) is 0.569. The maximum Gasteiger partial charge on any atom is 0.490 e. The zero-order valence-corrected chi connectivity index (χ0v) is 67.7. The number of fused-ring (bicyclic) bond motifs is 5. The number of unbranched alkanes of at least 4 members (excludes halogenated alkanes) is 1. The highest BCUT2D eigenvalue weighted by Gasteiger charge is 2.45. The molecular formula is C72H97N7O23P3S4+. The van der Waals surface area contributed by atoms with E-state index in [1.807, 2.05) is 20.0 Å². The Morgan fingerprint density at radius 2 is 1.58 bits per heavy atom. The molecule has 596 valence electrons. The second-order valence-corrected chi connectivity index (χ2v) is 37.8. The lowest BCUT2D eigenvalue weighted by atomic mass is 9.81. The van der Waals surface area contributed by atoms with Gasteiger partial charge in [0, 0.05) is 122 Å². The number of ether oxygens (including phenoxy) is 8. The van der Waals surface area contributed by atoms with E-state index in [1.165, 1.54) is 46.5 Å². The monoisotopic (exact) mass is 1650 g/mol.